The van der Waals surface area contributed by atoms with Gasteiger partial charge in [-0.05, 0) is 61.0 Å². The second-order valence-electron chi connectivity index (χ2n) is 6.21. The summed E-state index contributed by atoms with van der Waals surface area (Å²) in [4.78, 5) is 36.3. The maximum Gasteiger partial charge on any atom is 0.291 e. The smallest absolute Gasteiger partial charge is 0.291 e. The number of hydrogen-bond donors (Lipinski definition) is 3. The third kappa shape index (κ3) is 5.44. The molecule has 0 saturated carbocycles. The van der Waals surface area contributed by atoms with Crippen LogP contribution in [0.5, 0.6) is 5.75 Å². The first-order valence-electron chi connectivity index (χ1n) is 8.85. The van der Waals surface area contributed by atoms with Crippen LogP contribution in [-0.2, 0) is 4.79 Å². The first-order chi connectivity index (χ1) is 14.4. The fourth-order valence-corrected chi connectivity index (χ4v) is 2.40. The average molecular weight is 411 g/mol. The molecule has 0 atom stereocenters. The van der Waals surface area contributed by atoms with E-state index in [1.807, 2.05) is 0 Å². The second kappa shape index (κ2) is 9.37. The van der Waals surface area contributed by atoms with Gasteiger partial charge in [0.25, 0.3) is 17.7 Å². The molecule has 2 aromatic carbocycles. The van der Waals surface area contributed by atoms with Gasteiger partial charge in [0.2, 0.25) is 0 Å². The highest BCUT2D eigenvalue weighted by molar-refractivity contribution is 6.04. The average Bonchev–Trinajstić information content (AvgIpc) is 3.28. The molecular weight excluding hydrogens is 393 g/mol. The molecule has 0 spiro atoms. The third-order valence-electron chi connectivity index (χ3n) is 3.99. The number of amides is 3. The van der Waals surface area contributed by atoms with Gasteiger partial charge in [0.15, 0.2) is 12.4 Å². The molecule has 0 unspecified atom stereocenters. The van der Waals surface area contributed by atoms with E-state index in [4.69, 9.17) is 9.15 Å². The first kappa shape index (κ1) is 20.6. The number of nitrogens with one attached hydrogen (secondary N) is 3. The maximum absolute atomic E-state index is 12.8. The van der Waals surface area contributed by atoms with Crippen molar-refractivity contribution < 1.29 is 27.9 Å². The van der Waals surface area contributed by atoms with Gasteiger partial charge in [-0.15, -0.1) is 0 Å². The quantitative estimate of drug-likeness (QED) is 0.541. The first-order valence-corrected chi connectivity index (χ1v) is 8.85. The Labute approximate surface area is 171 Å². The van der Waals surface area contributed by atoms with E-state index < -0.39 is 23.5 Å². The van der Waals surface area contributed by atoms with Crippen LogP contribution in [-0.4, -0.2) is 24.3 Å². The molecule has 0 aliphatic rings. The minimum absolute atomic E-state index is 0.137. The maximum atomic E-state index is 12.8. The molecule has 3 amide bonds. The minimum atomic E-state index is -0.605. The number of furan rings is 1. The highest BCUT2D eigenvalue weighted by Crippen LogP contribution is 2.18. The molecule has 8 nitrogen and oxygen atoms in total. The number of carbonyl (C=O) groups is 3. The summed E-state index contributed by atoms with van der Waals surface area (Å²) < 4.78 is 23.1. The van der Waals surface area contributed by atoms with Crippen molar-refractivity contribution in [2.75, 3.05) is 11.9 Å². The lowest BCUT2D eigenvalue weighted by Gasteiger charge is -2.11. The molecule has 0 aliphatic heterocycles. The molecule has 154 valence electrons. The molecule has 0 bridgehead atoms. The highest BCUT2D eigenvalue weighted by Gasteiger charge is 2.13. The van der Waals surface area contributed by atoms with Gasteiger partial charge < -0.3 is 14.5 Å². The molecular formula is C21H18FN3O5. The number of halogens is 1. The summed E-state index contributed by atoms with van der Waals surface area (Å²) in [5.41, 5.74) is 5.86. The second-order valence-corrected chi connectivity index (χ2v) is 6.21. The van der Waals surface area contributed by atoms with Crippen LogP contribution in [0.1, 0.15) is 26.5 Å². The lowest BCUT2D eigenvalue weighted by molar-refractivity contribution is -0.123. The van der Waals surface area contributed by atoms with Crippen molar-refractivity contribution in [2.45, 2.75) is 6.92 Å². The zero-order valence-electron chi connectivity index (χ0n) is 15.9. The van der Waals surface area contributed by atoms with Crippen LogP contribution < -0.4 is 20.9 Å². The van der Waals surface area contributed by atoms with Gasteiger partial charge >= 0.3 is 0 Å². The largest absolute Gasteiger partial charge is 0.484 e. The third-order valence-corrected chi connectivity index (χ3v) is 3.99. The molecule has 9 heteroatoms. The highest BCUT2D eigenvalue weighted by atomic mass is 19.1. The summed E-state index contributed by atoms with van der Waals surface area (Å²) in [6.45, 7) is 1.40. The van der Waals surface area contributed by atoms with Crippen molar-refractivity contribution in [3.8, 4) is 5.75 Å². The lowest BCUT2D eigenvalue weighted by Crippen LogP contribution is -2.43. The minimum Gasteiger partial charge on any atom is -0.484 e. The number of benzene rings is 2. The monoisotopic (exact) mass is 411 g/mol. The van der Waals surface area contributed by atoms with Crippen LogP contribution in [0.15, 0.2) is 65.3 Å². The molecule has 1 aromatic heterocycles. The Hall–Kier alpha value is -4.14. The van der Waals surface area contributed by atoms with Crippen molar-refractivity contribution in [1.29, 1.82) is 0 Å². The summed E-state index contributed by atoms with van der Waals surface area (Å²) in [6.07, 6.45) is 1.38. The van der Waals surface area contributed by atoms with Crippen molar-refractivity contribution in [1.82, 2.24) is 10.9 Å². The summed E-state index contributed by atoms with van der Waals surface area (Å²) in [5.74, 6) is -1.61. The van der Waals surface area contributed by atoms with E-state index in [9.17, 15) is 18.8 Å². The molecule has 0 saturated heterocycles. The van der Waals surface area contributed by atoms with Gasteiger partial charge in [0, 0.05) is 11.3 Å². The number of hydrogen-bond acceptors (Lipinski definition) is 5. The van der Waals surface area contributed by atoms with E-state index in [-0.39, 0.29) is 17.9 Å². The molecule has 1 heterocycles. The molecule has 30 heavy (non-hydrogen) atoms. The van der Waals surface area contributed by atoms with Crippen molar-refractivity contribution in [2.24, 2.45) is 0 Å². The number of aryl methyl sites for hydroxylation is 1. The molecule has 0 aliphatic carbocycles. The molecule has 3 aromatic rings. The van der Waals surface area contributed by atoms with Gasteiger partial charge in [-0.1, -0.05) is 6.07 Å². The fraction of sp³-hybridized carbons (Fsp3) is 0.0952. The van der Waals surface area contributed by atoms with Crippen LogP contribution in [0.4, 0.5) is 10.1 Å². The Morgan fingerprint density at radius 1 is 1.00 bits per heavy atom. The summed E-state index contributed by atoms with van der Waals surface area (Å²) in [7, 11) is 0. The summed E-state index contributed by atoms with van der Waals surface area (Å²) in [5, 5.41) is 2.67. The van der Waals surface area contributed by atoms with E-state index in [1.54, 1.807) is 25.1 Å². The molecule has 0 fully saturated rings. The van der Waals surface area contributed by atoms with Crippen molar-refractivity contribution >= 4 is 23.4 Å². The Bertz CT molecular complexity index is 1050. The van der Waals surface area contributed by atoms with E-state index in [0.717, 1.165) is 5.56 Å². The van der Waals surface area contributed by atoms with Gasteiger partial charge in [0.05, 0.1) is 6.26 Å². The number of hydrazine groups is 1. The Morgan fingerprint density at radius 3 is 2.47 bits per heavy atom. The molecule has 3 N–H and O–H groups in total. The normalized spacial score (nSPS) is 10.2. The van der Waals surface area contributed by atoms with E-state index in [2.05, 4.69) is 16.2 Å². The molecule has 3 rings (SSSR count). The topological polar surface area (TPSA) is 110 Å². The Kier molecular flexibility index (Phi) is 6.43. The molecule has 0 radical (unpaired) electrons. The van der Waals surface area contributed by atoms with Crippen molar-refractivity contribution in [3.05, 3.63) is 83.6 Å². The van der Waals surface area contributed by atoms with Crippen LogP contribution in [0.25, 0.3) is 0 Å². The van der Waals surface area contributed by atoms with Gasteiger partial charge in [-0.2, -0.15) is 0 Å². The summed E-state index contributed by atoms with van der Waals surface area (Å²) >= 11 is 0. The van der Waals surface area contributed by atoms with Crippen LogP contribution in [0.3, 0.4) is 0 Å². The predicted octanol–water partition coefficient (Wildman–Crippen LogP) is 2.82. The SMILES string of the molecule is Cc1ccc(C(=O)NNC(=O)COc2ccc(F)cc2)cc1NC(=O)c1ccco1. The van der Waals surface area contributed by atoms with Gasteiger partial charge in [-0.25, -0.2) is 4.39 Å². The van der Waals surface area contributed by atoms with Gasteiger partial charge in [0.1, 0.15) is 11.6 Å². The van der Waals surface area contributed by atoms with Crippen molar-refractivity contribution in [3.63, 3.8) is 0 Å². The van der Waals surface area contributed by atoms with Crippen LogP contribution in [0.2, 0.25) is 0 Å². The fourth-order valence-electron chi connectivity index (χ4n) is 2.40. The lowest BCUT2D eigenvalue weighted by atomic mass is 10.1. The zero-order valence-corrected chi connectivity index (χ0v) is 15.9. The van der Waals surface area contributed by atoms with E-state index >= 15 is 0 Å². The van der Waals surface area contributed by atoms with E-state index in [0.29, 0.717) is 11.4 Å². The zero-order chi connectivity index (χ0) is 21.5. The Balaban J connectivity index is 1.54. The van der Waals surface area contributed by atoms with Crippen LogP contribution >= 0.6 is 0 Å². The number of ether oxygens (including phenoxy) is 1. The Morgan fingerprint density at radius 2 is 1.77 bits per heavy atom. The number of anilines is 1. The number of carbonyl (C=O) groups excluding carboxylic acids is 3. The summed E-state index contributed by atoms with van der Waals surface area (Å²) in [6, 6.07) is 13.0. The predicted molar refractivity (Wildman–Crippen MR) is 105 cm³/mol. The number of rotatable bonds is 6. The standard InChI is InChI=1S/C21H18FN3O5/c1-13-4-5-14(11-17(13)23-21(28)18-3-2-10-29-18)20(27)25-24-19(26)12-30-16-8-6-15(22)7-9-16/h2-11H,12H2,1H3,(H,23,28)(H,24,26)(H,25,27). The van der Waals surface area contributed by atoms with Crippen LogP contribution in [0, 0.1) is 12.7 Å². The van der Waals surface area contributed by atoms with Gasteiger partial charge in [-0.3, -0.25) is 25.2 Å². The van der Waals surface area contributed by atoms with E-state index in [1.165, 1.54) is 42.7 Å².